The van der Waals surface area contributed by atoms with Crippen molar-refractivity contribution in [2.75, 3.05) is 19.8 Å². The summed E-state index contributed by atoms with van der Waals surface area (Å²) in [6.45, 7) is 2.75. The number of carboxylic acid groups (broad SMARTS) is 1. The Morgan fingerprint density at radius 2 is 1.68 bits per heavy atom. The predicted molar refractivity (Wildman–Crippen MR) is 103 cm³/mol. The maximum Gasteiger partial charge on any atom is 0.410 e. The van der Waals surface area contributed by atoms with Gasteiger partial charge in [-0.2, -0.15) is 0 Å². The Hall–Kier alpha value is -2.86. The summed E-state index contributed by atoms with van der Waals surface area (Å²) in [5.41, 5.74) is 4.56. The quantitative estimate of drug-likeness (QED) is 0.858. The van der Waals surface area contributed by atoms with Gasteiger partial charge in [0.15, 0.2) is 0 Å². The number of carbonyl (C=O) groups excluding carboxylic acids is 1. The first kappa shape index (κ1) is 18.5. The van der Waals surface area contributed by atoms with E-state index in [-0.39, 0.29) is 31.6 Å². The predicted octanol–water partition coefficient (Wildman–Crippen LogP) is 3.50. The number of carboxylic acids is 1. The van der Waals surface area contributed by atoms with E-state index in [9.17, 15) is 14.7 Å². The summed E-state index contributed by atoms with van der Waals surface area (Å²) in [5, 5.41) is 9.45. The summed E-state index contributed by atoms with van der Waals surface area (Å²) in [6.07, 6.45) is -0.587. The molecule has 0 saturated carbocycles. The van der Waals surface area contributed by atoms with E-state index in [4.69, 9.17) is 9.47 Å². The molecular weight excluding hydrogens is 358 g/mol. The molecule has 6 nitrogen and oxygen atoms in total. The normalized spacial score (nSPS) is 20.7. The number of aliphatic carboxylic acids is 1. The van der Waals surface area contributed by atoms with Crippen molar-refractivity contribution in [1.29, 1.82) is 0 Å². The molecule has 2 aromatic carbocycles. The smallest absolute Gasteiger partial charge is 0.410 e. The van der Waals surface area contributed by atoms with Crippen LogP contribution in [0.3, 0.4) is 0 Å². The van der Waals surface area contributed by atoms with Crippen LogP contribution in [0.1, 0.15) is 30.4 Å². The van der Waals surface area contributed by atoms with Gasteiger partial charge in [-0.25, -0.2) is 9.59 Å². The number of carbonyl (C=O) groups is 2. The largest absolute Gasteiger partial charge is 0.480 e. The van der Waals surface area contributed by atoms with E-state index in [0.29, 0.717) is 6.61 Å². The van der Waals surface area contributed by atoms with E-state index in [1.54, 1.807) is 0 Å². The van der Waals surface area contributed by atoms with Crippen LogP contribution in [-0.2, 0) is 14.3 Å². The second kappa shape index (κ2) is 7.64. The Labute approximate surface area is 163 Å². The second-order valence-electron chi connectivity index (χ2n) is 7.12. The molecule has 2 atom stereocenters. The lowest BCUT2D eigenvalue weighted by molar-refractivity contribution is -0.141. The van der Waals surface area contributed by atoms with Crippen molar-refractivity contribution in [1.82, 2.24) is 4.90 Å². The number of nitrogens with zero attached hydrogens (tertiary/aromatic N) is 1. The zero-order valence-electron chi connectivity index (χ0n) is 15.7. The first-order valence-corrected chi connectivity index (χ1v) is 9.56. The molecule has 1 fully saturated rings. The van der Waals surface area contributed by atoms with Crippen LogP contribution < -0.4 is 0 Å². The Bertz CT molecular complexity index is 851. The molecular formula is C22H23NO5. The number of rotatable bonds is 5. The summed E-state index contributed by atoms with van der Waals surface area (Å²) in [7, 11) is 0. The Morgan fingerprint density at radius 1 is 1.07 bits per heavy atom. The van der Waals surface area contributed by atoms with Crippen LogP contribution in [0.15, 0.2) is 48.5 Å². The molecule has 4 rings (SSSR count). The number of hydrogen-bond acceptors (Lipinski definition) is 4. The molecule has 1 aliphatic heterocycles. The van der Waals surface area contributed by atoms with Crippen molar-refractivity contribution in [3.8, 4) is 11.1 Å². The third kappa shape index (κ3) is 3.24. The SMILES string of the molecule is CCOC1CC(C(=O)O)N(C(=O)OCC2c3ccccc3-c3ccccc32)C1. The summed E-state index contributed by atoms with van der Waals surface area (Å²) in [5.74, 6) is -1.08. The highest BCUT2D eigenvalue weighted by molar-refractivity contribution is 5.81. The van der Waals surface area contributed by atoms with Gasteiger partial charge in [0.05, 0.1) is 12.6 Å². The van der Waals surface area contributed by atoms with Crippen LogP contribution in [0.4, 0.5) is 4.79 Å². The standard InChI is InChI=1S/C22H23NO5/c1-2-27-14-11-20(21(24)25)23(12-14)22(26)28-13-19-17-9-5-3-7-15(17)16-8-4-6-10-18(16)19/h3-10,14,19-20H,2,11-13H2,1H3,(H,24,25). The Kier molecular flexibility index (Phi) is 5.05. The lowest BCUT2D eigenvalue weighted by Crippen LogP contribution is -2.41. The maximum atomic E-state index is 12.7. The zero-order valence-corrected chi connectivity index (χ0v) is 15.7. The molecule has 28 heavy (non-hydrogen) atoms. The van der Waals surface area contributed by atoms with Gasteiger partial charge in [0, 0.05) is 18.9 Å². The van der Waals surface area contributed by atoms with Crippen LogP contribution in [0.2, 0.25) is 0 Å². The molecule has 2 aliphatic rings. The van der Waals surface area contributed by atoms with Gasteiger partial charge in [0.25, 0.3) is 0 Å². The van der Waals surface area contributed by atoms with Crippen molar-refractivity contribution < 1.29 is 24.2 Å². The third-order valence-corrected chi connectivity index (χ3v) is 5.52. The first-order valence-electron chi connectivity index (χ1n) is 9.56. The van der Waals surface area contributed by atoms with E-state index in [1.165, 1.54) is 4.90 Å². The number of amides is 1. The molecule has 1 aliphatic carbocycles. The molecule has 2 aromatic rings. The third-order valence-electron chi connectivity index (χ3n) is 5.52. The summed E-state index contributed by atoms with van der Waals surface area (Å²) < 4.78 is 11.1. The van der Waals surface area contributed by atoms with Gasteiger partial charge in [0.1, 0.15) is 12.6 Å². The van der Waals surface area contributed by atoms with E-state index in [1.807, 2.05) is 31.2 Å². The Morgan fingerprint density at radius 3 is 2.25 bits per heavy atom. The lowest BCUT2D eigenvalue weighted by atomic mass is 9.98. The maximum absolute atomic E-state index is 12.7. The highest BCUT2D eigenvalue weighted by Crippen LogP contribution is 2.44. The fourth-order valence-corrected chi connectivity index (χ4v) is 4.27. The van der Waals surface area contributed by atoms with E-state index in [2.05, 4.69) is 24.3 Å². The molecule has 2 unspecified atom stereocenters. The molecule has 0 radical (unpaired) electrons. The number of ether oxygens (including phenoxy) is 2. The van der Waals surface area contributed by atoms with Crippen molar-refractivity contribution in [2.45, 2.75) is 31.4 Å². The fourth-order valence-electron chi connectivity index (χ4n) is 4.27. The minimum atomic E-state index is -1.03. The Balaban J connectivity index is 1.50. The van der Waals surface area contributed by atoms with E-state index >= 15 is 0 Å². The fraction of sp³-hybridized carbons (Fsp3) is 0.364. The number of benzene rings is 2. The van der Waals surface area contributed by atoms with Crippen LogP contribution in [-0.4, -0.2) is 54.0 Å². The van der Waals surface area contributed by atoms with Gasteiger partial charge in [-0.05, 0) is 29.2 Å². The summed E-state index contributed by atoms with van der Waals surface area (Å²) in [6, 6.07) is 15.3. The number of fused-ring (bicyclic) bond motifs is 3. The van der Waals surface area contributed by atoms with Gasteiger partial charge in [-0.3, -0.25) is 4.90 Å². The number of likely N-dealkylation sites (tertiary alicyclic amines) is 1. The number of hydrogen-bond donors (Lipinski definition) is 1. The van der Waals surface area contributed by atoms with Crippen molar-refractivity contribution in [2.24, 2.45) is 0 Å². The second-order valence-corrected chi connectivity index (χ2v) is 7.12. The van der Waals surface area contributed by atoms with Crippen molar-refractivity contribution in [3.63, 3.8) is 0 Å². The molecule has 0 bridgehead atoms. The average molecular weight is 381 g/mol. The van der Waals surface area contributed by atoms with Gasteiger partial charge in [0.2, 0.25) is 0 Å². The monoisotopic (exact) mass is 381 g/mol. The minimum Gasteiger partial charge on any atom is -0.480 e. The summed E-state index contributed by atoms with van der Waals surface area (Å²) in [4.78, 5) is 25.5. The molecule has 1 saturated heterocycles. The zero-order chi connectivity index (χ0) is 19.7. The highest BCUT2D eigenvalue weighted by Gasteiger charge is 2.41. The highest BCUT2D eigenvalue weighted by atomic mass is 16.6. The minimum absolute atomic E-state index is 0.0510. The molecule has 0 spiro atoms. The van der Waals surface area contributed by atoms with Crippen LogP contribution >= 0.6 is 0 Å². The average Bonchev–Trinajstić information content (AvgIpc) is 3.26. The van der Waals surface area contributed by atoms with Gasteiger partial charge >= 0.3 is 12.1 Å². The van der Waals surface area contributed by atoms with Crippen LogP contribution in [0.25, 0.3) is 11.1 Å². The van der Waals surface area contributed by atoms with Gasteiger partial charge in [-0.1, -0.05) is 48.5 Å². The van der Waals surface area contributed by atoms with Crippen molar-refractivity contribution in [3.05, 3.63) is 59.7 Å². The molecule has 1 N–H and O–H groups in total. The molecule has 1 heterocycles. The van der Waals surface area contributed by atoms with Gasteiger partial charge in [-0.15, -0.1) is 0 Å². The lowest BCUT2D eigenvalue weighted by Gasteiger charge is -2.22. The van der Waals surface area contributed by atoms with E-state index < -0.39 is 18.1 Å². The topological polar surface area (TPSA) is 76.1 Å². The van der Waals surface area contributed by atoms with Crippen LogP contribution in [0.5, 0.6) is 0 Å². The molecule has 1 amide bonds. The molecule has 6 heteroatoms. The molecule has 146 valence electrons. The van der Waals surface area contributed by atoms with Crippen LogP contribution in [0, 0.1) is 0 Å². The first-order chi connectivity index (χ1) is 13.6. The van der Waals surface area contributed by atoms with Gasteiger partial charge < -0.3 is 14.6 Å². The van der Waals surface area contributed by atoms with E-state index in [0.717, 1.165) is 22.3 Å². The molecule has 0 aromatic heterocycles. The van der Waals surface area contributed by atoms with Crippen molar-refractivity contribution >= 4 is 12.1 Å². The summed E-state index contributed by atoms with van der Waals surface area (Å²) >= 11 is 0.